The molecule has 6 rings (SSSR count). The minimum absolute atomic E-state index is 0.218. The summed E-state index contributed by atoms with van der Waals surface area (Å²) >= 11 is 0. The molecule has 0 amide bonds. The van der Waals surface area contributed by atoms with Gasteiger partial charge in [-0.15, -0.1) is 15.3 Å². The Labute approximate surface area is 187 Å². The van der Waals surface area contributed by atoms with Crippen LogP contribution in [0.2, 0.25) is 0 Å². The summed E-state index contributed by atoms with van der Waals surface area (Å²) in [6.07, 6.45) is -1.19. The Morgan fingerprint density at radius 1 is 1.15 bits per heavy atom. The van der Waals surface area contributed by atoms with E-state index in [0.29, 0.717) is 24.5 Å². The van der Waals surface area contributed by atoms with Gasteiger partial charge in [0, 0.05) is 37.3 Å². The summed E-state index contributed by atoms with van der Waals surface area (Å²) in [5.74, 6) is 1.52. The Balaban J connectivity index is 1.47. The number of halogens is 3. The fraction of sp³-hybridized carbons (Fsp3) is 0.524. The number of piperidine rings is 1. The molecule has 174 valence electrons. The van der Waals surface area contributed by atoms with Crippen LogP contribution < -0.4 is 19.9 Å². The predicted molar refractivity (Wildman–Crippen MR) is 115 cm³/mol. The molecule has 1 N–H and O–H groups in total. The fourth-order valence-electron chi connectivity index (χ4n) is 5.04. The number of aromatic nitrogens is 5. The van der Waals surface area contributed by atoms with Crippen molar-refractivity contribution in [2.75, 3.05) is 56.2 Å². The zero-order chi connectivity index (χ0) is 22.8. The normalized spacial score (nSPS) is 20.0. The van der Waals surface area contributed by atoms with Gasteiger partial charge >= 0.3 is 6.18 Å². The first-order chi connectivity index (χ1) is 15.8. The van der Waals surface area contributed by atoms with E-state index in [-0.39, 0.29) is 16.8 Å². The Morgan fingerprint density at radius 3 is 2.70 bits per heavy atom. The lowest BCUT2D eigenvalue weighted by molar-refractivity contribution is -0.141. The van der Waals surface area contributed by atoms with Gasteiger partial charge in [0.1, 0.15) is 18.0 Å². The van der Waals surface area contributed by atoms with Crippen LogP contribution in [0.3, 0.4) is 0 Å². The number of hydrogen-bond donors (Lipinski definition) is 1. The molecule has 0 aromatic carbocycles. The van der Waals surface area contributed by atoms with Gasteiger partial charge in [-0.3, -0.25) is 4.98 Å². The monoisotopic (exact) mass is 460 g/mol. The number of nitrogens with zero attached hydrogens (tertiary/aromatic N) is 7. The van der Waals surface area contributed by atoms with E-state index in [1.165, 1.54) is 10.6 Å². The van der Waals surface area contributed by atoms with Crippen LogP contribution in [-0.2, 0) is 6.18 Å². The van der Waals surface area contributed by atoms with Crippen LogP contribution in [-0.4, -0.2) is 71.2 Å². The fourth-order valence-corrected chi connectivity index (χ4v) is 5.04. The van der Waals surface area contributed by atoms with Gasteiger partial charge in [-0.2, -0.15) is 17.7 Å². The molecule has 3 aromatic rings. The van der Waals surface area contributed by atoms with Crippen LogP contribution in [0.1, 0.15) is 18.5 Å². The van der Waals surface area contributed by atoms with Gasteiger partial charge in [0.25, 0.3) is 0 Å². The highest BCUT2D eigenvalue weighted by Crippen LogP contribution is 2.47. The smallest absolute Gasteiger partial charge is 0.433 e. The first kappa shape index (κ1) is 20.5. The number of ether oxygens (including phenoxy) is 1. The van der Waals surface area contributed by atoms with E-state index >= 15 is 0 Å². The number of fused-ring (bicyclic) bond motifs is 3. The van der Waals surface area contributed by atoms with Crippen LogP contribution in [0.25, 0.3) is 17.0 Å². The van der Waals surface area contributed by atoms with Crippen molar-refractivity contribution in [2.24, 2.45) is 5.41 Å². The molecule has 0 bridgehead atoms. The maximum absolute atomic E-state index is 13.2. The second-order valence-electron chi connectivity index (χ2n) is 9.06. The van der Waals surface area contributed by atoms with Crippen LogP contribution in [0.5, 0.6) is 5.75 Å². The average molecular weight is 460 g/mol. The lowest BCUT2D eigenvalue weighted by Gasteiger charge is -2.53. The quantitative estimate of drug-likeness (QED) is 0.624. The number of anilines is 2. The molecule has 1 spiro atoms. The zero-order valence-electron chi connectivity index (χ0n) is 18.1. The summed E-state index contributed by atoms with van der Waals surface area (Å²) in [4.78, 5) is 7.77. The third kappa shape index (κ3) is 3.26. The Kier molecular flexibility index (Phi) is 4.45. The molecule has 33 heavy (non-hydrogen) atoms. The third-order valence-corrected chi connectivity index (χ3v) is 6.85. The summed E-state index contributed by atoms with van der Waals surface area (Å²) in [5.41, 5.74) is 0.776. The van der Waals surface area contributed by atoms with Gasteiger partial charge in [-0.1, -0.05) is 0 Å². The highest BCUT2D eigenvalue weighted by Gasteiger charge is 2.46. The Morgan fingerprint density at radius 2 is 1.94 bits per heavy atom. The van der Waals surface area contributed by atoms with Gasteiger partial charge in [0.05, 0.1) is 6.54 Å². The van der Waals surface area contributed by atoms with E-state index in [2.05, 4.69) is 30.3 Å². The molecule has 0 radical (unpaired) electrons. The first-order valence-corrected chi connectivity index (χ1v) is 11.0. The molecule has 3 aliphatic heterocycles. The molecule has 3 aromatic heterocycles. The summed E-state index contributed by atoms with van der Waals surface area (Å²) in [5, 5.41) is 16.7. The number of nitrogens with one attached hydrogen (secondary N) is 1. The van der Waals surface area contributed by atoms with Crippen LogP contribution in [0.4, 0.5) is 24.7 Å². The molecular weight excluding hydrogens is 437 g/mol. The Bertz CT molecular complexity index is 1210. The highest BCUT2D eigenvalue weighted by atomic mass is 19.4. The number of alkyl halides is 3. The first-order valence-electron chi connectivity index (χ1n) is 11.0. The second kappa shape index (κ2) is 7.17. The van der Waals surface area contributed by atoms with Gasteiger partial charge in [-0.05, 0) is 38.1 Å². The van der Waals surface area contributed by atoms with E-state index in [0.717, 1.165) is 62.8 Å². The van der Waals surface area contributed by atoms with Crippen LogP contribution in [0.15, 0.2) is 18.3 Å². The van der Waals surface area contributed by atoms with Crippen LogP contribution >= 0.6 is 0 Å². The topological polar surface area (TPSA) is 83.7 Å². The van der Waals surface area contributed by atoms with Crippen molar-refractivity contribution in [3.05, 3.63) is 24.0 Å². The molecule has 9 nitrogen and oxygen atoms in total. The third-order valence-electron chi connectivity index (χ3n) is 6.85. The van der Waals surface area contributed by atoms with E-state index in [1.54, 1.807) is 0 Å². The summed E-state index contributed by atoms with van der Waals surface area (Å²) in [6, 6.07) is 2.45. The molecular formula is C21H23F3N8O. The van der Waals surface area contributed by atoms with Gasteiger partial charge in [0.15, 0.2) is 17.4 Å². The van der Waals surface area contributed by atoms with Gasteiger partial charge in [0.2, 0.25) is 5.65 Å². The number of rotatable bonds is 2. The molecule has 2 saturated heterocycles. The van der Waals surface area contributed by atoms with Gasteiger partial charge < -0.3 is 19.9 Å². The molecule has 0 atom stereocenters. The molecule has 2 fully saturated rings. The lowest BCUT2D eigenvalue weighted by atomic mass is 9.72. The summed E-state index contributed by atoms with van der Waals surface area (Å²) in [6.45, 7) is 4.99. The standard InChI is InChI=1S/C21H23F3N8O/c1-30-8-9-33-16-15(30)18(31-11-20(12-31)3-6-25-7-4-20)29-32-17(27-28-19(16)32)13-2-5-26-14(10-13)21(22,23)24/h2,5,10,25H,3-4,6-9,11-12H2,1H3. The van der Waals surface area contributed by atoms with E-state index in [4.69, 9.17) is 9.84 Å². The summed E-state index contributed by atoms with van der Waals surface area (Å²) < 4.78 is 47.2. The molecule has 0 unspecified atom stereocenters. The van der Waals surface area contributed by atoms with Crippen molar-refractivity contribution in [1.29, 1.82) is 0 Å². The van der Waals surface area contributed by atoms with Crippen molar-refractivity contribution >= 4 is 17.2 Å². The van der Waals surface area contributed by atoms with Crippen LogP contribution in [0, 0.1) is 5.41 Å². The average Bonchev–Trinajstić information content (AvgIpc) is 3.21. The van der Waals surface area contributed by atoms with Crippen molar-refractivity contribution in [3.63, 3.8) is 0 Å². The van der Waals surface area contributed by atoms with Crippen molar-refractivity contribution in [3.8, 4) is 17.1 Å². The highest BCUT2D eigenvalue weighted by molar-refractivity contribution is 5.83. The molecule has 0 aliphatic carbocycles. The van der Waals surface area contributed by atoms with E-state index in [1.807, 2.05) is 7.05 Å². The minimum atomic E-state index is -4.55. The molecule has 12 heteroatoms. The largest absolute Gasteiger partial charge is 0.486 e. The molecule has 6 heterocycles. The van der Waals surface area contributed by atoms with E-state index in [9.17, 15) is 13.2 Å². The minimum Gasteiger partial charge on any atom is -0.486 e. The maximum atomic E-state index is 13.2. The predicted octanol–water partition coefficient (Wildman–Crippen LogP) is 2.22. The second-order valence-corrected chi connectivity index (χ2v) is 9.06. The van der Waals surface area contributed by atoms with Crippen molar-refractivity contribution in [1.82, 2.24) is 30.1 Å². The molecule has 0 saturated carbocycles. The van der Waals surface area contributed by atoms with E-state index < -0.39 is 11.9 Å². The summed E-state index contributed by atoms with van der Waals surface area (Å²) in [7, 11) is 1.98. The molecule has 3 aliphatic rings. The Hall–Kier alpha value is -3.15. The number of likely N-dealkylation sites (N-methyl/N-ethyl adjacent to an activating group) is 1. The van der Waals surface area contributed by atoms with Crippen molar-refractivity contribution in [2.45, 2.75) is 19.0 Å². The lowest BCUT2D eigenvalue weighted by Crippen LogP contribution is -2.60. The maximum Gasteiger partial charge on any atom is 0.433 e. The van der Waals surface area contributed by atoms with Gasteiger partial charge in [-0.25, -0.2) is 0 Å². The van der Waals surface area contributed by atoms with Crippen molar-refractivity contribution < 1.29 is 17.9 Å². The zero-order valence-corrected chi connectivity index (χ0v) is 18.1. The SMILES string of the molecule is CN1CCOc2c1c(N1CC3(CCNCC3)C1)nn1c(-c3ccnc(C(F)(F)F)c3)nnc21. The number of hydrogen-bond acceptors (Lipinski definition) is 8. The number of pyridine rings is 1.